The Hall–Kier alpha value is -1.55. The van der Waals surface area contributed by atoms with Gasteiger partial charge in [0.2, 0.25) is 5.91 Å². The fraction of sp³-hybridized carbons (Fsp3) is 0.588. The van der Waals surface area contributed by atoms with E-state index in [9.17, 15) is 4.79 Å². The molecule has 0 aromatic heterocycles. The van der Waals surface area contributed by atoms with Gasteiger partial charge < -0.3 is 9.64 Å². The van der Waals surface area contributed by atoms with Crippen molar-refractivity contribution in [3.05, 3.63) is 29.8 Å². The summed E-state index contributed by atoms with van der Waals surface area (Å²) < 4.78 is 5.21. The van der Waals surface area contributed by atoms with Crippen molar-refractivity contribution in [3.8, 4) is 5.75 Å². The lowest BCUT2D eigenvalue weighted by atomic mass is 10.0. The number of carbonyl (C=O) groups is 1. The van der Waals surface area contributed by atoms with Gasteiger partial charge in [-0.05, 0) is 37.5 Å². The number of hydrogen-bond donors (Lipinski definition) is 1. The molecule has 1 heterocycles. The van der Waals surface area contributed by atoms with Crippen LogP contribution in [-0.4, -0.2) is 30.0 Å². The Bertz CT molecular complexity index is 472. The fourth-order valence-corrected chi connectivity index (χ4v) is 3.05. The monoisotopic (exact) mass is 290 g/mol. The average Bonchev–Trinajstić information content (AvgIpc) is 2.81. The van der Waals surface area contributed by atoms with Crippen molar-refractivity contribution in [1.82, 2.24) is 10.2 Å². The van der Waals surface area contributed by atoms with Crippen LogP contribution in [0.4, 0.5) is 0 Å². The summed E-state index contributed by atoms with van der Waals surface area (Å²) in [4.78, 5) is 14.6. The molecule has 0 saturated carbocycles. The molecule has 4 heteroatoms. The van der Waals surface area contributed by atoms with Gasteiger partial charge in [-0.1, -0.05) is 32.4 Å². The van der Waals surface area contributed by atoms with E-state index in [1.807, 2.05) is 36.1 Å². The zero-order chi connectivity index (χ0) is 15.4. The maximum absolute atomic E-state index is 12.5. The van der Waals surface area contributed by atoms with Crippen LogP contribution in [0, 0.1) is 0 Å². The van der Waals surface area contributed by atoms with E-state index in [1.165, 1.54) is 0 Å². The van der Waals surface area contributed by atoms with E-state index >= 15 is 0 Å². The lowest BCUT2D eigenvalue weighted by molar-refractivity contribution is -0.132. The van der Waals surface area contributed by atoms with E-state index < -0.39 is 0 Å². The predicted octanol–water partition coefficient (Wildman–Crippen LogP) is 3.09. The summed E-state index contributed by atoms with van der Waals surface area (Å²) in [7, 11) is 1.66. The highest BCUT2D eigenvalue weighted by Crippen LogP contribution is 2.31. The van der Waals surface area contributed by atoms with E-state index in [0.29, 0.717) is 6.04 Å². The van der Waals surface area contributed by atoms with Crippen LogP contribution in [-0.2, 0) is 4.79 Å². The number of benzene rings is 1. The maximum Gasteiger partial charge on any atom is 0.241 e. The summed E-state index contributed by atoms with van der Waals surface area (Å²) >= 11 is 0. The molecule has 1 fully saturated rings. The van der Waals surface area contributed by atoms with Crippen LogP contribution >= 0.6 is 0 Å². The quantitative estimate of drug-likeness (QED) is 0.875. The Labute approximate surface area is 127 Å². The number of amides is 1. The molecular formula is C17H26N2O2. The van der Waals surface area contributed by atoms with E-state index in [4.69, 9.17) is 4.74 Å². The largest absolute Gasteiger partial charge is 0.497 e. The summed E-state index contributed by atoms with van der Waals surface area (Å²) in [6.45, 7) is 6.27. The molecule has 0 spiro atoms. The highest BCUT2D eigenvalue weighted by Gasteiger charge is 2.40. The second-order valence-corrected chi connectivity index (χ2v) is 5.66. The number of rotatable bonds is 6. The van der Waals surface area contributed by atoms with Gasteiger partial charge in [-0.3, -0.25) is 10.1 Å². The van der Waals surface area contributed by atoms with Gasteiger partial charge in [-0.25, -0.2) is 0 Å². The summed E-state index contributed by atoms with van der Waals surface area (Å²) in [5.41, 5.74) is 1.11. The molecule has 1 N–H and O–H groups in total. The smallest absolute Gasteiger partial charge is 0.241 e. The lowest BCUT2D eigenvalue weighted by Gasteiger charge is -2.32. The van der Waals surface area contributed by atoms with Crippen molar-refractivity contribution in [2.45, 2.75) is 58.3 Å². The van der Waals surface area contributed by atoms with Gasteiger partial charge in [0.05, 0.1) is 13.2 Å². The molecule has 1 aromatic rings. The van der Waals surface area contributed by atoms with Crippen molar-refractivity contribution in [1.29, 1.82) is 0 Å². The Morgan fingerprint density at radius 1 is 1.29 bits per heavy atom. The van der Waals surface area contributed by atoms with Crippen LogP contribution in [0.1, 0.15) is 51.8 Å². The predicted molar refractivity (Wildman–Crippen MR) is 84.2 cm³/mol. The SMILES string of the molecule is CCCC(CC)N1C(=O)C(C)NC1c1ccc(OC)cc1. The Balaban J connectivity index is 2.27. The Morgan fingerprint density at radius 2 is 1.95 bits per heavy atom. The normalized spacial score (nSPS) is 23.4. The summed E-state index contributed by atoms with van der Waals surface area (Å²) in [5, 5.41) is 3.42. The zero-order valence-electron chi connectivity index (χ0n) is 13.4. The average molecular weight is 290 g/mol. The first-order valence-electron chi connectivity index (χ1n) is 7.84. The first-order chi connectivity index (χ1) is 10.1. The molecule has 1 aromatic carbocycles. The number of nitrogens with zero attached hydrogens (tertiary/aromatic N) is 1. The highest BCUT2D eigenvalue weighted by molar-refractivity contribution is 5.84. The topological polar surface area (TPSA) is 41.6 Å². The van der Waals surface area contributed by atoms with Crippen molar-refractivity contribution < 1.29 is 9.53 Å². The third-order valence-electron chi connectivity index (χ3n) is 4.23. The first kappa shape index (κ1) is 15.8. The van der Waals surface area contributed by atoms with E-state index in [0.717, 1.165) is 30.6 Å². The minimum atomic E-state index is -0.122. The number of nitrogens with one attached hydrogen (secondary N) is 1. The molecule has 1 saturated heterocycles. The lowest BCUT2D eigenvalue weighted by Crippen LogP contribution is -2.39. The second kappa shape index (κ2) is 6.94. The molecular weight excluding hydrogens is 264 g/mol. The van der Waals surface area contributed by atoms with Gasteiger partial charge >= 0.3 is 0 Å². The number of carbonyl (C=O) groups excluding carboxylic acids is 1. The van der Waals surface area contributed by atoms with Crippen LogP contribution in [0.5, 0.6) is 5.75 Å². The van der Waals surface area contributed by atoms with Crippen LogP contribution < -0.4 is 10.1 Å². The Kier molecular flexibility index (Phi) is 5.23. The third-order valence-corrected chi connectivity index (χ3v) is 4.23. The van der Waals surface area contributed by atoms with Gasteiger partial charge in [0, 0.05) is 6.04 Å². The third kappa shape index (κ3) is 3.21. The van der Waals surface area contributed by atoms with E-state index in [1.54, 1.807) is 7.11 Å². The molecule has 1 aliphatic heterocycles. The number of ether oxygens (including phenoxy) is 1. The molecule has 3 unspecified atom stereocenters. The highest BCUT2D eigenvalue weighted by atomic mass is 16.5. The van der Waals surface area contributed by atoms with E-state index in [-0.39, 0.29) is 18.1 Å². The van der Waals surface area contributed by atoms with Crippen molar-refractivity contribution in [2.24, 2.45) is 0 Å². The van der Waals surface area contributed by atoms with Gasteiger partial charge in [0.1, 0.15) is 11.9 Å². The fourth-order valence-electron chi connectivity index (χ4n) is 3.05. The zero-order valence-corrected chi connectivity index (χ0v) is 13.4. The molecule has 116 valence electrons. The molecule has 0 radical (unpaired) electrons. The molecule has 0 bridgehead atoms. The maximum atomic E-state index is 12.5. The second-order valence-electron chi connectivity index (χ2n) is 5.66. The van der Waals surface area contributed by atoms with Gasteiger partial charge in [-0.15, -0.1) is 0 Å². The molecule has 2 rings (SSSR count). The van der Waals surface area contributed by atoms with Gasteiger partial charge in [0.25, 0.3) is 0 Å². The molecule has 1 amide bonds. The number of methoxy groups -OCH3 is 1. The Morgan fingerprint density at radius 3 is 2.48 bits per heavy atom. The van der Waals surface area contributed by atoms with Gasteiger partial charge in [0.15, 0.2) is 0 Å². The summed E-state index contributed by atoms with van der Waals surface area (Å²) in [5.74, 6) is 1.04. The van der Waals surface area contributed by atoms with Crippen molar-refractivity contribution >= 4 is 5.91 Å². The van der Waals surface area contributed by atoms with Crippen molar-refractivity contribution in [3.63, 3.8) is 0 Å². The van der Waals surface area contributed by atoms with Crippen LogP contribution in [0.25, 0.3) is 0 Å². The molecule has 0 aliphatic carbocycles. The van der Waals surface area contributed by atoms with Crippen LogP contribution in [0.3, 0.4) is 0 Å². The first-order valence-corrected chi connectivity index (χ1v) is 7.84. The van der Waals surface area contributed by atoms with E-state index in [2.05, 4.69) is 19.2 Å². The van der Waals surface area contributed by atoms with Crippen LogP contribution in [0.15, 0.2) is 24.3 Å². The van der Waals surface area contributed by atoms with Crippen LogP contribution in [0.2, 0.25) is 0 Å². The standard InChI is InChI=1S/C17H26N2O2/c1-5-7-14(6-2)19-16(18-12(3)17(19)20)13-8-10-15(21-4)11-9-13/h8-12,14,16,18H,5-7H2,1-4H3. The molecule has 3 atom stereocenters. The minimum Gasteiger partial charge on any atom is -0.497 e. The van der Waals surface area contributed by atoms with Gasteiger partial charge in [-0.2, -0.15) is 0 Å². The minimum absolute atomic E-state index is 0.0325. The molecule has 4 nitrogen and oxygen atoms in total. The molecule has 21 heavy (non-hydrogen) atoms. The number of hydrogen-bond acceptors (Lipinski definition) is 3. The summed E-state index contributed by atoms with van der Waals surface area (Å²) in [6, 6.07) is 8.14. The van der Waals surface area contributed by atoms with Crippen molar-refractivity contribution in [2.75, 3.05) is 7.11 Å². The summed E-state index contributed by atoms with van der Waals surface area (Å²) in [6.07, 6.45) is 3.09. The molecule has 1 aliphatic rings.